The minimum atomic E-state index is -0.720. The van der Waals surface area contributed by atoms with Crippen LogP contribution in [0.1, 0.15) is 68.9 Å². The molecule has 1 aliphatic rings. The molecule has 5 aromatic carbocycles. The molecule has 1 radical (unpaired) electrons. The van der Waals surface area contributed by atoms with Gasteiger partial charge in [-0.25, -0.2) is 4.79 Å². The normalized spacial score (nSPS) is 12.8. The molecule has 1 atom stereocenters. The number of nitrogens with one attached hydrogen (secondary N) is 1. The molecule has 6 rings (SSSR count). The summed E-state index contributed by atoms with van der Waals surface area (Å²) in [4.78, 5) is 27.0. The van der Waals surface area contributed by atoms with Gasteiger partial charge in [-0.2, -0.15) is 0 Å². The van der Waals surface area contributed by atoms with Crippen molar-refractivity contribution in [1.82, 2.24) is 5.32 Å². The lowest BCUT2D eigenvalue weighted by Crippen LogP contribution is -2.41. The van der Waals surface area contributed by atoms with Gasteiger partial charge in [-0.1, -0.05) is 133 Å². The van der Waals surface area contributed by atoms with E-state index in [1.54, 1.807) is 0 Å². The van der Waals surface area contributed by atoms with Crippen molar-refractivity contribution >= 4 is 11.9 Å². The van der Waals surface area contributed by atoms with Gasteiger partial charge in [0, 0.05) is 11.5 Å². The average molecular weight is 608 g/mol. The van der Waals surface area contributed by atoms with E-state index in [9.17, 15) is 9.59 Å². The number of amides is 1. The smallest absolute Gasteiger partial charge is 0.407 e. The first kappa shape index (κ1) is 31.0. The van der Waals surface area contributed by atoms with E-state index in [-0.39, 0.29) is 18.3 Å². The van der Waals surface area contributed by atoms with Gasteiger partial charge in [0.25, 0.3) is 0 Å². The summed E-state index contributed by atoms with van der Waals surface area (Å²) >= 11 is 0. The molecule has 0 aromatic heterocycles. The van der Waals surface area contributed by atoms with Gasteiger partial charge in [-0.15, -0.1) is 0 Å². The lowest BCUT2D eigenvalue weighted by atomic mass is 9.84. The predicted molar refractivity (Wildman–Crippen MR) is 184 cm³/mol. The molecule has 0 aliphatic heterocycles. The third-order valence-electron chi connectivity index (χ3n) is 8.76. The highest BCUT2D eigenvalue weighted by Crippen LogP contribution is 2.44. The third-order valence-corrected chi connectivity index (χ3v) is 8.76. The van der Waals surface area contributed by atoms with Gasteiger partial charge in [0.15, 0.2) is 5.78 Å². The number of ketones is 1. The van der Waals surface area contributed by atoms with Crippen LogP contribution >= 0.6 is 0 Å². The molecule has 0 spiro atoms. The van der Waals surface area contributed by atoms with Gasteiger partial charge >= 0.3 is 6.09 Å². The highest BCUT2D eigenvalue weighted by atomic mass is 16.5. The van der Waals surface area contributed by atoms with Crippen molar-refractivity contribution < 1.29 is 14.3 Å². The van der Waals surface area contributed by atoms with Crippen LogP contribution in [0.3, 0.4) is 0 Å². The van der Waals surface area contributed by atoms with Gasteiger partial charge < -0.3 is 15.8 Å². The van der Waals surface area contributed by atoms with E-state index >= 15 is 0 Å². The molecule has 0 fully saturated rings. The molecule has 1 amide bonds. The van der Waals surface area contributed by atoms with E-state index in [1.807, 2.05) is 66.7 Å². The number of aryl methyl sites for hydroxylation is 1. The van der Waals surface area contributed by atoms with Gasteiger partial charge in [0.05, 0.1) is 12.0 Å². The molecule has 0 unspecified atom stereocenters. The van der Waals surface area contributed by atoms with Crippen molar-refractivity contribution in [2.45, 2.75) is 38.1 Å². The zero-order valence-electron chi connectivity index (χ0n) is 26.1. The first-order valence-corrected chi connectivity index (χ1v) is 16.0. The van der Waals surface area contributed by atoms with Crippen LogP contribution in [0.4, 0.5) is 4.79 Å². The summed E-state index contributed by atoms with van der Waals surface area (Å²) < 4.78 is 5.79. The summed E-state index contributed by atoms with van der Waals surface area (Å²) in [5.41, 5.74) is 15.3. The molecule has 5 heteroatoms. The van der Waals surface area contributed by atoms with E-state index in [1.165, 1.54) is 16.7 Å². The maximum Gasteiger partial charge on any atom is 0.407 e. The quantitative estimate of drug-likeness (QED) is 0.0851. The third kappa shape index (κ3) is 6.80. The van der Waals surface area contributed by atoms with Crippen LogP contribution in [0.15, 0.2) is 127 Å². The average Bonchev–Trinajstić information content (AvgIpc) is 3.42. The molecular weight excluding hydrogens is 568 g/mol. The van der Waals surface area contributed by atoms with Crippen molar-refractivity contribution in [1.29, 1.82) is 0 Å². The fourth-order valence-corrected chi connectivity index (χ4v) is 6.37. The summed E-state index contributed by atoms with van der Waals surface area (Å²) in [5, 5.41) is 2.88. The van der Waals surface area contributed by atoms with Crippen LogP contribution in [-0.4, -0.2) is 31.1 Å². The van der Waals surface area contributed by atoms with Gasteiger partial charge in [0.2, 0.25) is 0 Å². The Balaban J connectivity index is 1.17. The number of carbonyl (C=O) groups excluding carboxylic acids is 2. The van der Waals surface area contributed by atoms with Crippen molar-refractivity contribution in [3.8, 4) is 11.1 Å². The van der Waals surface area contributed by atoms with Gasteiger partial charge in [-0.05, 0) is 71.7 Å². The number of unbranched alkanes of at least 4 members (excludes halogenated alkanes) is 1. The Morgan fingerprint density at radius 3 is 1.80 bits per heavy atom. The highest BCUT2D eigenvalue weighted by molar-refractivity contribution is 6.01. The number of alkyl carbamates (subject to hydrolysis) is 1. The summed E-state index contributed by atoms with van der Waals surface area (Å²) in [7, 11) is 0. The molecule has 5 aromatic rings. The van der Waals surface area contributed by atoms with E-state index in [4.69, 9.17) is 10.5 Å². The van der Waals surface area contributed by atoms with E-state index in [0.29, 0.717) is 24.9 Å². The number of carbonyl (C=O) groups is 2. The molecular formula is C41H39N2O3. The van der Waals surface area contributed by atoms with Gasteiger partial charge in [-0.3, -0.25) is 4.79 Å². The van der Waals surface area contributed by atoms with Crippen molar-refractivity contribution in [2.75, 3.05) is 13.2 Å². The Kier molecular flexibility index (Phi) is 9.70. The first-order valence-electron chi connectivity index (χ1n) is 16.0. The number of hydrogen-bond acceptors (Lipinski definition) is 4. The Hall–Kier alpha value is -5.00. The van der Waals surface area contributed by atoms with Crippen LogP contribution in [0.25, 0.3) is 11.1 Å². The monoisotopic (exact) mass is 607 g/mol. The first-order chi connectivity index (χ1) is 22.5. The minimum absolute atomic E-state index is 0.0549. The molecule has 1 aliphatic carbocycles. The molecule has 46 heavy (non-hydrogen) atoms. The van der Waals surface area contributed by atoms with Crippen molar-refractivity contribution in [3.05, 3.63) is 172 Å². The van der Waals surface area contributed by atoms with E-state index in [2.05, 4.69) is 72.9 Å². The van der Waals surface area contributed by atoms with Crippen LogP contribution in [0, 0.1) is 12.8 Å². The standard InChI is InChI=1S/C41H39N2O3/c1-28-18-20-30(21-19-28)39(29-11-3-2-4-12-29)31-22-24-32(25-23-31)40(44)38(17-9-10-26-42)43-41(45)46-27-37-35-15-7-5-13-33(35)34-14-6-8-16-36(34)37/h2-8,11-16,18-25,37-38H,9-10,17,26-27,42H2,1H3,(H,43,45)/t38-/m0/s1. The Morgan fingerprint density at radius 1 is 0.674 bits per heavy atom. The summed E-state index contributed by atoms with van der Waals surface area (Å²) in [5.74, 6) is 0.894. The summed E-state index contributed by atoms with van der Waals surface area (Å²) in [6.45, 7) is 2.79. The molecule has 231 valence electrons. The molecule has 0 bridgehead atoms. The Bertz CT molecular complexity index is 1740. The van der Waals surface area contributed by atoms with Gasteiger partial charge in [0.1, 0.15) is 6.61 Å². The Labute approximate surface area is 271 Å². The number of nitrogens with two attached hydrogens (primary N) is 1. The maximum atomic E-state index is 13.8. The number of benzene rings is 5. The fraction of sp³-hybridized carbons (Fsp3) is 0.195. The highest BCUT2D eigenvalue weighted by Gasteiger charge is 2.30. The largest absolute Gasteiger partial charge is 0.449 e. The summed E-state index contributed by atoms with van der Waals surface area (Å²) in [6.07, 6.45) is 1.37. The Morgan fingerprint density at radius 2 is 1.20 bits per heavy atom. The molecule has 0 heterocycles. The second kappa shape index (κ2) is 14.4. The second-order valence-electron chi connectivity index (χ2n) is 11.9. The topological polar surface area (TPSA) is 81.4 Å². The van der Waals surface area contributed by atoms with Crippen molar-refractivity contribution in [2.24, 2.45) is 5.73 Å². The molecule has 0 saturated heterocycles. The van der Waals surface area contributed by atoms with Crippen LogP contribution in [0.5, 0.6) is 0 Å². The number of ether oxygens (including phenoxy) is 1. The SMILES string of the molecule is Cc1ccc([C](c2ccccc2)c2ccc(C(=O)[C@H](CCCCN)NC(=O)OCC3c4ccccc4-c4ccccc43)cc2)cc1. The van der Waals surface area contributed by atoms with Crippen LogP contribution in [0.2, 0.25) is 0 Å². The second-order valence-corrected chi connectivity index (χ2v) is 11.9. The van der Waals surface area contributed by atoms with E-state index in [0.717, 1.165) is 40.2 Å². The molecule has 5 nitrogen and oxygen atoms in total. The number of rotatable bonds is 12. The van der Waals surface area contributed by atoms with E-state index < -0.39 is 12.1 Å². The summed E-state index contributed by atoms with van der Waals surface area (Å²) in [6, 6.07) is 42.1. The zero-order chi connectivity index (χ0) is 31.9. The maximum absolute atomic E-state index is 13.8. The zero-order valence-corrected chi connectivity index (χ0v) is 26.1. The minimum Gasteiger partial charge on any atom is -0.449 e. The fourth-order valence-electron chi connectivity index (χ4n) is 6.37. The number of hydrogen-bond donors (Lipinski definition) is 2. The van der Waals surface area contributed by atoms with Crippen LogP contribution in [-0.2, 0) is 4.74 Å². The van der Waals surface area contributed by atoms with Crippen molar-refractivity contribution in [3.63, 3.8) is 0 Å². The lowest BCUT2D eigenvalue weighted by molar-refractivity contribution is 0.0912. The number of Topliss-reactive ketones (excluding diaryl/α,β-unsaturated/α-hetero) is 1. The molecule has 3 N–H and O–H groups in total. The lowest BCUT2D eigenvalue weighted by Gasteiger charge is -2.21. The van der Waals surface area contributed by atoms with Crippen LogP contribution < -0.4 is 11.1 Å². The number of fused-ring (bicyclic) bond motifs is 3. The molecule has 0 saturated carbocycles. The predicted octanol–water partition coefficient (Wildman–Crippen LogP) is 8.23.